The van der Waals surface area contributed by atoms with Crippen molar-refractivity contribution in [2.24, 2.45) is 0 Å². The van der Waals surface area contributed by atoms with Crippen LogP contribution in [0.1, 0.15) is 15.2 Å². The summed E-state index contributed by atoms with van der Waals surface area (Å²) in [6, 6.07) is 10.1. The Morgan fingerprint density at radius 1 is 1.20 bits per heavy atom. The van der Waals surface area contributed by atoms with Gasteiger partial charge >= 0.3 is 6.18 Å². The van der Waals surface area contributed by atoms with Crippen molar-refractivity contribution < 1.29 is 22.7 Å². The number of carbonyl (C=O) groups is 1. The number of halogens is 4. The van der Waals surface area contributed by atoms with Crippen molar-refractivity contribution in [2.45, 2.75) is 6.18 Å². The minimum absolute atomic E-state index is 0.0733. The number of anilines is 1. The molecule has 1 aromatic heterocycles. The van der Waals surface area contributed by atoms with Crippen LogP contribution in [0.2, 0.25) is 5.02 Å². The van der Waals surface area contributed by atoms with Crippen molar-refractivity contribution >= 4 is 44.6 Å². The monoisotopic (exact) mass is 385 g/mol. The van der Waals surface area contributed by atoms with Gasteiger partial charge in [0.15, 0.2) is 0 Å². The van der Waals surface area contributed by atoms with E-state index in [0.717, 1.165) is 28.3 Å². The van der Waals surface area contributed by atoms with E-state index in [4.69, 9.17) is 16.3 Å². The number of hydrogen-bond donors (Lipinski definition) is 1. The summed E-state index contributed by atoms with van der Waals surface area (Å²) in [5, 5.41) is 3.44. The van der Waals surface area contributed by atoms with Gasteiger partial charge in [0.2, 0.25) is 0 Å². The number of thiophene rings is 1. The van der Waals surface area contributed by atoms with Crippen LogP contribution in [-0.4, -0.2) is 13.0 Å². The quantitative estimate of drug-likeness (QED) is 0.615. The number of methoxy groups -OCH3 is 1. The van der Waals surface area contributed by atoms with Gasteiger partial charge in [-0.15, -0.1) is 11.3 Å². The summed E-state index contributed by atoms with van der Waals surface area (Å²) in [4.78, 5) is 12.7. The Hall–Kier alpha value is -2.25. The van der Waals surface area contributed by atoms with Crippen LogP contribution in [0.25, 0.3) is 10.1 Å². The Morgan fingerprint density at radius 2 is 1.92 bits per heavy atom. The van der Waals surface area contributed by atoms with E-state index in [0.29, 0.717) is 0 Å². The zero-order valence-corrected chi connectivity index (χ0v) is 14.4. The average Bonchev–Trinajstić information content (AvgIpc) is 2.91. The SMILES string of the molecule is COc1ccc(C(F)(F)F)cc1NC(=O)c1sc2ccccc2c1Cl. The second-order valence-electron chi connectivity index (χ2n) is 5.11. The second-order valence-corrected chi connectivity index (χ2v) is 6.54. The maximum Gasteiger partial charge on any atom is 0.416 e. The summed E-state index contributed by atoms with van der Waals surface area (Å²) < 4.78 is 44.5. The van der Waals surface area contributed by atoms with E-state index in [1.165, 1.54) is 18.4 Å². The molecule has 0 fully saturated rings. The topological polar surface area (TPSA) is 38.3 Å². The highest BCUT2D eigenvalue weighted by Crippen LogP contribution is 2.38. The first-order chi connectivity index (χ1) is 11.8. The van der Waals surface area contributed by atoms with Crippen LogP contribution in [0.3, 0.4) is 0 Å². The summed E-state index contributed by atoms with van der Waals surface area (Å²) >= 11 is 7.40. The minimum atomic E-state index is -4.53. The first-order valence-electron chi connectivity index (χ1n) is 7.05. The van der Waals surface area contributed by atoms with Crippen molar-refractivity contribution in [3.63, 3.8) is 0 Å². The first-order valence-corrected chi connectivity index (χ1v) is 8.24. The van der Waals surface area contributed by atoms with Gasteiger partial charge in [-0.2, -0.15) is 13.2 Å². The molecule has 0 saturated carbocycles. The van der Waals surface area contributed by atoms with Crippen LogP contribution in [0.5, 0.6) is 5.75 Å². The number of ether oxygens (including phenoxy) is 1. The van der Waals surface area contributed by atoms with Gasteiger partial charge in [-0.05, 0) is 24.3 Å². The van der Waals surface area contributed by atoms with Gasteiger partial charge in [-0.1, -0.05) is 29.8 Å². The standard InChI is InChI=1S/C17H11ClF3NO2S/c1-24-12-7-6-9(17(19,20)21)8-11(12)22-16(23)15-14(18)10-4-2-3-5-13(10)25-15/h2-8H,1H3,(H,22,23). The van der Waals surface area contributed by atoms with Crippen molar-refractivity contribution in [3.05, 3.63) is 57.9 Å². The highest BCUT2D eigenvalue weighted by molar-refractivity contribution is 7.21. The zero-order valence-electron chi connectivity index (χ0n) is 12.8. The Labute approximate surface area is 150 Å². The number of nitrogens with one attached hydrogen (secondary N) is 1. The van der Waals surface area contributed by atoms with Gasteiger partial charge in [0.1, 0.15) is 10.6 Å². The number of carbonyl (C=O) groups excluding carboxylic acids is 1. The Kier molecular flexibility index (Phi) is 4.62. The summed E-state index contributed by atoms with van der Waals surface area (Å²) in [7, 11) is 1.31. The molecule has 0 spiro atoms. The first kappa shape index (κ1) is 17.6. The molecule has 0 bridgehead atoms. The van der Waals surface area contributed by atoms with Crippen molar-refractivity contribution in [2.75, 3.05) is 12.4 Å². The summed E-state index contributed by atoms with van der Waals surface area (Å²) in [5.41, 5.74) is -0.957. The molecule has 3 rings (SSSR count). The van der Waals surface area contributed by atoms with Crippen molar-refractivity contribution in [1.82, 2.24) is 0 Å². The summed E-state index contributed by atoms with van der Waals surface area (Å²) in [5.74, 6) is -0.470. The van der Waals surface area contributed by atoms with Crippen molar-refractivity contribution in [1.29, 1.82) is 0 Å². The minimum Gasteiger partial charge on any atom is -0.495 e. The second kappa shape index (κ2) is 6.57. The maximum absolute atomic E-state index is 12.9. The van der Waals surface area contributed by atoms with Gasteiger partial charge in [0.25, 0.3) is 5.91 Å². The maximum atomic E-state index is 12.9. The third kappa shape index (κ3) is 3.43. The molecule has 0 atom stereocenters. The molecular formula is C17H11ClF3NO2S. The number of alkyl halides is 3. The molecule has 1 amide bonds. The van der Waals surface area contributed by atoms with E-state index in [-0.39, 0.29) is 21.3 Å². The predicted molar refractivity (Wildman–Crippen MR) is 92.8 cm³/mol. The lowest BCUT2D eigenvalue weighted by Gasteiger charge is -2.13. The van der Waals surface area contributed by atoms with Gasteiger partial charge in [0, 0.05) is 10.1 Å². The molecule has 0 aliphatic carbocycles. The molecular weight excluding hydrogens is 375 g/mol. The van der Waals surface area contributed by atoms with Gasteiger partial charge in [-0.25, -0.2) is 0 Å². The van der Waals surface area contributed by atoms with E-state index < -0.39 is 17.6 Å². The van der Waals surface area contributed by atoms with Gasteiger partial charge in [0.05, 0.1) is 23.4 Å². The molecule has 8 heteroatoms. The van der Waals surface area contributed by atoms with Crippen LogP contribution < -0.4 is 10.1 Å². The normalized spacial score (nSPS) is 11.6. The van der Waals surface area contributed by atoms with E-state index in [1.807, 2.05) is 12.1 Å². The molecule has 1 heterocycles. The van der Waals surface area contributed by atoms with Crippen LogP contribution in [0.4, 0.5) is 18.9 Å². The average molecular weight is 386 g/mol. The van der Waals surface area contributed by atoms with Gasteiger partial charge in [-0.3, -0.25) is 4.79 Å². The molecule has 130 valence electrons. The lowest BCUT2D eigenvalue weighted by Crippen LogP contribution is -2.13. The molecule has 3 aromatic rings. The molecule has 0 aliphatic rings. The van der Waals surface area contributed by atoms with E-state index >= 15 is 0 Å². The largest absolute Gasteiger partial charge is 0.495 e. The number of benzene rings is 2. The summed E-state index contributed by atoms with van der Waals surface area (Å²) in [6.45, 7) is 0. The zero-order chi connectivity index (χ0) is 18.2. The predicted octanol–water partition coefficient (Wildman–Crippen LogP) is 5.83. The molecule has 0 unspecified atom stereocenters. The molecule has 0 radical (unpaired) electrons. The Morgan fingerprint density at radius 3 is 2.56 bits per heavy atom. The molecule has 3 nitrogen and oxygen atoms in total. The van der Waals surface area contributed by atoms with Crippen LogP contribution in [-0.2, 0) is 6.18 Å². The van der Waals surface area contributed by atoms with E-state index in [1.54, 1.807) is 12.1 Å². The number of fused-ring (bicyclic) bond motifs is 1. The third-order valence-corrected chi connectivity index (χ3v) is 5.19. The molecule has 0 saturated heterocycles. The number of hydrogen-bond acceptors (Lipinski definition) is 3. The van der Waals surface area contributed by atoms with Crippen LogP contribution in [0.15, 0.2) is 42.5 Å². The fraction of sp³-hybridized carbons (Fsp3) is 0.118. The molecule has 25 heavy (non-hydrogen) atoms. The van der Waals surface area contributed by atoms with E-state index in [9.17, 15) is 18.0 Å². The van der Waals surface area contributed by atoms with Crippen LogP contribution in [0, 0.1) is 0 Å². The molecule has 2 aromatic carbocycles. The highest BCUT2D eigenvalue weighted by atomic mass is 35.5. The van der Waals surface area contributed by atoms with E-state index in [2.05, 4.69) is 5.32 Å². The Balaban J connectivity index is 1.98. The molecule has 1 N–H and O–H groups in total. The smallest absolute Gasteiger partial charge is 0.416 e. The number of amides is 1. The lowest BCUT2D eigenvalue weighted by molar-refractivity contribution is -0.137. The molecule has 0 aliphatic heterocycles. The fourth-order valence-electron chi connectivity index (χ4n) is 2.32. The van der Waals surface area contributed by atoms with Gasteiger partial charge < -0.3 is 10.1 Å². The fourth-order valence-corrected chi connectivity index (χ4v) is 3.73. The third-order valence-electron chi connectivity index (χ3n) is 3.52. The summed E-state index contributed by atoms with van der Waals surface area (Å²) in [6.07, 6.45) is -4.53. The lowest BCUT2D eigenvalue weighted by atomic mass is 10.1. The van der Waals surface area contributed by atoms with Crippen LogP contribution >= 0.6 is 22.9 Å². The number of rotatable bonds is 3. The highest BCUT2D eigenvalue weighted by Gasteiger charge is 2.31. The van der Waals surface area contributed by atoms with Crippen molar-refractivity contribution in [3.8, 4) is 5.75 Å². The Bertz CT molecular complexity index is 953.